The summed E-state index contributed by atoms with van der Waals surface area (Å²) in [5.41, 5.74) is 0. The highest BCUT2D eigenvalue weighted by Gasteiger charge is 2.22. The molecule has 0 spiro atoms. The normalized spacial score (nSPS) is 22.4. The van der Waals surface area contributed by atoms with E-state index in [0.29, 0.717) is 38.6 Å². The number of nitrogens with zero attached hydrogens (tertiary/aromatic N) is 3. The number of carbonyl (C=O) groups excluding carboxylic acids is 1. The van der Waals surface area contributed by atoms with Gasteiger partial charge in [0.15, 0.2) is 0 Å². The number of nitrogens with one attached hydrogen (secondary N) is 1. The molecule has 1 aliphatic heterocycles. The largest absolute Gasteiger partial charge is 0.378 e. The molecule has 1 aromatic rings. The second-order valence-electron chi connectivity index (χ2n) is 5.97. The Balaban J connectivity index is 1.65. The molecule has 2 fully saturated rings. The maximum atomic E-state index is 11.7. The van der Waals surface area contributed by atoms with Crippen LogP contribution in [0.15, 0.2) is 0 Å². The third-order valence-corrected chi connectivity index (χ3v) is 5.15. The number of rotatable bonds is 2. The molecule has 0 unspecified atom stereocenters. The van der Waals surface area contributed by atoms with E-state index in [1.54, 1.807) is 0 Å². The van der Waals surface area contributed by atoms with Crippen LogP contribution in [0.4, 0.5) is 5.13 Å². The predicted molar refractivity (Wildman–Crippen MR) is 86.4 cm³/mol. The fourth-order valence-electron chi connectivity index (χ4n) is 3.05. The SMILES string of the molecule is O=C1CCN(c2nc(C3CCCCC3)ns2)CCOCCN1. The van der Waals surface area contributed by atoms with E-state index in [2.05, 4.69) is 14.6 Å². The Hall–Kier alpha value is -1.21. The van der Waals surface area contributed by atoms with Crippen LogP contribution in [0.25, 0.3) is 0 Å². The molecule has 6 nitrogen and oxygen atoms in total. The van der Waals surface area contributed by atoms with Crippen LogP contribution in [-0.4, -0.2) is 48.1 Å². The van der Waals surface area contributed by atoms with E-state index in [1.165, 1.54) is 43.6 Å². The molecule has 7 heteroatoms. The summed E-state index contributed by atoms with van der Waals surface area (Å²) in [4.78, 5) is 18.6. The molecule has 1 amide bonds. The highest BCUT2D eigenvalue weighted by atomic mass is 32.1. The lowest BCUT2D eigenvalue weighted by molar-refractivity contribution is -0.121. The standard InChI is InChI=1S/C15H24N4O2S/c20-13-6-8-19(9-11-21-10-7-16-13)15-17-14(18-22-15)12-4-2-1-3-5-12/h12H,1-11H2,(H,16,20). The molecule has 3 rings (SSSR count). The minimum Gasteiger partial charge on any atom is -0.378 e. The van der Waals surface area contributed by atoms with Gasteiger partial charge in [-0.2, -0.15) is 4.37 Å². The van der Waals surface area contributed by atoms with Crippen molar-refractivity contribution in [2.45, 2.75) is 44.4 Å². The van der Waals surface area contributed by atoms with Crippen molar-refractivity contribution in [3.8, 4) is 0 Å². The molecule has 1 N–H and O–H groups in total. The number of anilines is 1. The summed E-state index contributed by atoms with van der Waals surface area (Å²) in [5, 5.41) is 3.79. The zero-order valence-corrected chi connectivity index (χ0v) is 13.7. The predicted octanol–water partition coefficient (Wildman–Crippen LogP) is 1.93. The molecule has 0 radical (unpaired) electrons. The lowest BCUT2D eigenvalue weighted by atomic mass is 9.89. The molecule has 0 bridgehead atoms. The van der Waals surface area contributed by atoms with E-state index in [0.717, 1.165) is 17.5 Å². The van der Waals surface area contributed by atoms with Gasteiger partial charge in [0.25, 0.3) is 0 Å². The van der Waals surface area contributed by atoms with Gasteiger partial charge in [0, 0.05) is 43.5 Å². The summed E-state index contributed by atoms with van der Waals surface area (Å²) in [6.45, 7) is 3.28. The van der Waals surface area contributed by atoms with Gasteiger partial charge in [-0.05, 0) is 12.8 Å². The summed E-state index contributed by atoms with van der Waals surface area (Å²) in [6.07, 6.45) is 6.83. The van der Waals surface area contributed by atoms with Crippen LogP contribution in [-0.2, 0) is 9.53 Å². The smallest absolute Gasteiger partial charge is 0.221 e. The van der Waals surface area contributed by atoms with Gasteiger partial charge in [0.1, 0.15) is 5.82 Å². The van der Waals surface area contributed by atoms with E-state index in [4.69, 9.17) is 9.72 Å². The second-order valence-corrected chi connectivity index (χ2v) is 6.70. The minimum absolute atomic E-state index is 0.0764. The van der Waals surface area contributed by atoms with Gasteiger partial charge in [-0.3, -0.25) is 4.79 Å². The second kappa shape index (κ2) is 7.87. The summed E-state index contributed by atoms with van der Waals surface area (Å²) in [6, 6.07) is 0. The summed E-state index contributed by atoms with van der Waals surface area (Å²) in [7, 11) is 0. The fraction of sp³-hybridized carbons (Fsp3) is 0.800. The molecule has 0 aromatic carbocycles. The Kier molecular flexibility index (Phi) is 5.61. The zero-order valence-electron chi connectivity index (χ0n) is 12.9. The van der Waals surface area contributed by atoms with E-state index >= 15 is 0 Å². The summed E-state index contributed by atoms with van der Waals surface area (Å²) >= 11 is 1.46. The van der Waals surface area contributed by atoms with E-state index in [-0.39, 0.29) is 5.91 Å². The molecule has 2 aliphatic rings. The molecule has 1 saturated carbocycles. The van der Waals surface area contributed by atoms with Crippen LogP contribution >= 0.6 is 11.5 Å². The van der Waals surface area contributed by atoms with E-state index < -0.39 is 0 Å². The van der Waals surface area contributed by atoms with E-state index in [9.17, 15) is 4.79 Å². The number of aromatic nitrogens is 2. The van der Waals surface area contributed by atoms with Crippen molar-refractivity contribution in [2.24, 2.45) is 0 Å². The summed E-state index contributed by atoms with van der Waals surface area (Å²) in [5.74, 6) is 1.61. The Morgan fingerprint density at radius 3 is 2.91 bits per heavy atom. The maximum Gasteiger partial charge on any atom is 0.221 e. The van der Waals surface area contributed by atoms with Crippen molar-refractivity contribution in [1.29, 1.82) is 0 Å². The molecule has 0 atom stereocenters. The number of ether oxygens (including phenoxy) is 1. The van der Waals surface area contributed by atoms with Crippen molar-refractivity contribution in [2.75, 3.05) is 37.7 Å². The van der Waals surface area contributed by atoms with Crippen LogP contribution < -0.4 is 10.2 Å². The zero-order chi connectivity index (χ0) is 15.2. The van der Waals surface area contributed by atoms with Crippen LogP contribution in [0.5, 0.6) is 0 Å². The minimum atomic E-state index is 0.0764. The Labute approximate surface area is 135 Å². The summed E-state index contributed by atoms with van der Waals surface area (Å²) < 4.78 is 10.1. The molecule has 1 saturated heterocycles. The van der Waals surface area contributed by atoms with Crippen molar-refractivity contribution >= 4 is 22.6 Å². The Morgan fingerprint density at radius 1 is 1.18 bits per heavy atom. The lowest BCUT2D eigenvalue weighted by Gasteiger charge is -2.23. The van der Waals surface area contributed by atoms with Gasteiger partial charge < -0.3 is 15.0 Å². The van der Waals surface area contributed by atoms with Gasteiger partial charge in [-0.1, -0.05) is 19.3 Å². The van der Waals surface area contributed by atoms with Gasteiger partial charge in [-0.25, -0.2) is 4.98 Å². The molecular formula is C15H24N4O2S. The molecule has 2 heterocycles. The molecule has 1 aliphatic carbocycles. The first-order valence-electron chi connectivity index (χ1n) is 8.26. The Bertz CT molecular complexity index is 488. The monoisotopic (exact) mass is 324 g/mol. The van der Waals surface area contributed by atoms with Crippen LogP contribution in [0.2, 0.25) is 0 Å². The molecular weight excluding hydrogens is 300 g/mol. The number of amides is 1. The van der Waals surface area contributed by atoms with Gasteiger partial charge >= 0.3 is 0 Å². The van der Waals surface area contributed by atoms with Gasteiger partial charge in [-0.15, -0.1) is 0 Å². The Morgan fingerprint density at radius 2 is 2.05 bits per heavy atom. The highest BCUT2D eigenvalue weighted by molar-refractivity contribution is 7.09. The van der Waals surface area contributed by atoms with Gasteiger partial charge in [0.2, 0.25) is 11.0 Å². The first kappa shape index (κ1) is 15.7. The highest BCUT2D eigenvalue weighted by Crippen LogP contribution is 2.33. The van der Waals surface area contributed by atoms with Crippen molar-refractivity contribution < 1.29 is 9.53 Å². The fourth-order valence-corrected chi connectivity index (χ4v) is 3.85. The number of carbonyl (C=O) groups is 1. The lowest BCUT2D eigenvalue weighted by Crippen LogP contribution is -2.36. The van der Waals surface area contributed by atoms with Crippen molar-refractivity contribution in [3.05, 3.63) is 5.82 Å². The van der Waals surface area contributed by atoms with Crippen molar-refractivity contribution in [1.82, 2.24) is 14.7 Å². The van der Waals surface area contributed by atoms with Crippen LogP contribution in [0, 0.1) is 0 Å². The number of hydrogen-bond donors (Lipinski definition) is 1. The third kappa shape index (κ3) is 4.16. The molecule has 22 heavy (non-hydrogen) atoms. The first-order valence-corrected chi connectivity index (χ1v) is 9.03. The third-order valence-electron chi connectivity index (χ3n) is 4.35. The topological polar surface area (TPSA) is 67.4 Å². The van der Waals surface area contributed by atoms with Crippen LogP contribution in [0.1, 0.15) is 50.3 Å². The van der Waals surface area contributed by atoms with Gasteiger partial charge in [0.05, 0.1) is 13.2 Å². The van der Waals surface area contributed by atoms with E-state index in [1.807, 2.05) is 0 Å². The average Bonchev–Trinajstić information content (AvgIpc) is 3.04. The molecule has 1 aromatic heterocycles. The quantitative estimate of drug-likeness (QED) is 0.900. The number of hydrogen-bond acceptors (Lipinski definition) is 6. The maximum absolute atomic E-state index is 11.7. The van der Waals surface area contributed by atoms with Crippen molar-refractivity contribution in [3.63, 3.8) is 0 Å². The van der Waals surface area contributed by atoms with Crippen LogP contribution in [0.3, 0.4) is 0 Å². The first-order chi connectivity index (χ1) is 10.8. The molecule has 122 valence electrons. The average molecular weight is 324 g/mol.